The Morgan fingerprint density at radius 3 is 2.03 bits per heavy atom. The second-order valence-electron chi connectivity index (χ2n) is 7.58. The van der Waals surface area contributed by atoms with E-state index in [0.717, 1.165) is 16.7 Å². The van der Waals surface area contributed by atoms with E-state index in [1.807, 2.05) is 91.0 Å². The number of hydrogen-bond donors (Lipinski definition) is 1. The van der Waals surface area contributed by atoms with Crippen molar-refractivity contribution in [3.8, 4) is 0 Å². The smallest absolute Gasteiger partial charge is 0.184 e. The first-order chi connectivity index (χ1) is 15.3. The molecule has 1 heterocycles. The quantitative estimate of drug-likeness (QED) is 0.560. The maximum atomic E-state index is 10.6. The molecule has 0 saturated carbocycles. The molecule has 162 valence electrons. The molecule has 0 aliphatic carbocycles. The third kappa shape index (κ3) is 6.23. The number of hydrogen-bond acceptors (Lipinski definition) is 5. The number of ether oxygens (including phenoxy) is 4. The highest BCUT2D eigenvalue weighted by Gasteiger charge is 2.38. The number of benzene rings is 3. The summed E-state index contributed by atoms with van der Waals surface area (Å²) in [7, 11) is 0. The van der Waals surface area contributed by atoms with Gasteiger partial charge in [-0.1, -0.05) is 91.0 Å². The van der Waals surface area contributed by atoms with Gasteiger partial charge in [0.05, 0.1) is 26.4 Å². The summed E-state index contributed by atoms with van der Waals surface area (Å²) in [4.78, 5) is 0. The Balaban J connectivity index is 1.44. The maximum Gasteiger partial charge on any atom is 0.184 e. The zero-order chi connectivity index (χ0) is 21.3. The van der Waals surface area contributed by atoms with Crippen molar-refractivity contribution >= 4 is 0 Å². The molecule has 0 spiro atoms. The van der Waals surface area contributed by atoms with Gasteiger partial charge in [-0.3, -0.25) is 0 Å². The molecule has 1 fully saturated rings. The Morgan fingerprint density at radius 2 is 1.39 bits per heavy atom. The van der Waals surface area contributed by atoms with Gasteiger partial charge in [-0.25, -0.2) is 0 Å². The molecule has 0 amide bonds. The van der Waals surface area contributed by atoms with Crippen LogP contribution in [0, 0.1) is 0 Å². The molecular weight excluding hydrogens is 392 g/mol. The van der Waals surface area contributed by atoms with Crippen LogP contribution in [-0.4, -0.2) is 36.6 Å². The van der Waals surface area contributed by atoms with Gasteiger partial charge in [-0.15, -0.1) is 0 Å². The standard InChI is InChI=1S/C26H28O5/c27-23-18-30-26(22-14-8-3-9-15-22)31-25(23)24(29-17-21-12-6-2-7-13-21)19-28-16-20-10-4-1-5-11-20/h1-15,23-27H,16-19H2/t23-,24-,25-,26?/m1/s1. The van der Waals surface area contributed by atoms with Crippen molar-refractivity contribution in [3.63, 3.8) is 0 Å². The van der Waals surface area contributed by atoms with Crippen LogP contribution in [0.2, 0.25) is 0 Å². The Kier molecular flexibility index (Phi) is 7.82. The molecule has 1 saturated heterocycles. The molecule has 0 aromatic heterocycles. The van der Waals surface area contributed by atoms with Crippen LogP contribution in [-0.2, 0) is 32.2 Å². The minimum Gasteiger partial charge on any atom is -0.388 e. The van der Waals surface area contributed by atoms with Crippen LogP contribution in [0.25, 0.3) is 0 Å². The van der Waals surface area contributed by atoms with Gasteiger partial charge in [-0.2, -0.15) is 0 Å². The summed E-state index contributed by atoms with van der Waals surface area (Å²) in [5, 5.41) is 10.6. The molecule has 5 nitrogen and oxygen atoms in total. The fourth-order valence-electron chi connectivity index (χ4n) is 3.56. The van der Waals surface area contributed by atoms with Gasteiger partial charge in [0, 0.05) is 5.56 Å². The molecule has 3 aromatic carbocycles. The van der Waals surface area contributed by atoms with Crippen molar-refractivity contribution in [2.75, 3.05) is 13.2 Å². The molecule has 3 aromatic rings. The Labute approximate surface area is 183 Å². The molecule has 1 unspecified atom stereocenters. The normalized spacial score (nSPS) is 22.2. The molecule has 0 radical (unpaired) electrons. The van der Waals surface area contributed by atoms with Crippen LogP contribution in [0.5, 0.6) is 0 Å². The molecule has 4 rings (SSSR count). The second kappa shape index (κ2) is 11.2. The summed E-state index contributed by atoms with van der Waals surface area (Å²) in [5.41, 5.74) is 3.04. The number of rotatable bonds is 9. The van der Waals surface area contributed by atoms with Gasteiger partial charge in [0.1, 0.15) is 18.3 Å². The van der Waals surface area contributed by atoms with Crippen LogP contribution in [0.3, 0.4) is 0 Å². The third-order valence-electron chi connectivity index (χ3n) is 5.22. The number of aliphatic hydroxyl groups is 1. The largest absolute Gasteiger partial charge is 0.388 e. The lowest BCUT2D eigenvalue weighted by molar-refractivity contribution is -0.285. The van der Waals surface area contributed by atoms with E-state index in [9.17, 15) is 5.11 Å². The summed E-state index contributed by atoms with van der Waals surface area (Å²) in [5.74, 6) is 0. The molecule has 0 bridgehead atoms. The lowest BCUT2D eigenvalue weighted by Crippen LogP contribution is -2.50. The summed E-state index contributed by atoms with van der Waals surface area (Å²) in [6.07, 6.45) is -2.37. The van der Waals surface area contributed by atoms with E-state index in [4.69, 9.17) is 18.9 Å². The highest BCUT2D eigenvalue weighted by atomic mass is 16.7. The van der Waals surface area contributed by atoms with Gasteiger partial charge in [0.25, 0.3) is 0 Å². The summed E-state index contributed by atoms with van der Waals surface area (Å²) >= 11 is 0. The van der Waals surface area contributed by atoms with Crippen molar-refractivity contribution in [1.82, 2.24) is 0 Å². The average Bonchev–Trinajstić information content (AvgIpc) is 2.84. The zero-order valence-electron chi connectivity index (χ0n) is 17.4. The molecule has 1 aliphatic heterocycles. The molecular formula is C26H28O5. The highest BCUT2D eigenvalue weighted by molar-refractivity contribution is 5.17. The summed E-state index contributed by atoms with van der Waals surface area (Å²) in [6, 6.07) is 29.7. The minimum atomic E-state index is -0.805. The topological polar surface area (TPSA) is 57.2 Å². The van der Waals surface area contributed by atoms with E-state index in [2.05, 4.69) is 0 Å². The first-order valence-electron chi connectivity index (χ1n) is 10.6. The fourth-order valence-corrected chi connectivity index (χ4v) is 3.56. The van der Waals surface area contributed by atoms with E-state index in [1.165, 1.54) is 0 Å². The van der Waals surface area contributed by atoms with Crippen LogP contribution in [0.15, 0.2) is 91.0 Å². The maximum absolute atomic E-state index is 10.6. The monoisotopic (exact) mass is 420 g/mol. The second-order valence-corrected chi connectivity index (χ2v) is 7.58. The SMILES string of the molecule is O[C@@H]1COC(c2ccccc2)O[C@H]1[C@@H](COCc1ccccc1)OCc1ccccc1. The van der Waals surface area contributed by atoms with E-state index < -0.39 is 24.6 Å². The lowest BCUT2D eigenvalue weighted by Gasteiger charge is -2.38. The minimum absolute atomic E-state index is 0.175. The summed E-state index contributed by atoms with van der Waals surface area (Å²) in [6.45, 7) is 1.34. The number of aliphatic hydroxyl groups excluding tert-OH is 1. The van der Waals surface area contributed by atoms with E-state index in [0.29, 0.717) is 19.8 Å². The molecule has 5 heteroatoms. The first-order valence-corrected chi connectivity index (χ1v) is 10.6. The van der Waals surface area contributed by atoms with Gasteiger partial charge in [-0.05, 0) is 11.1 Å². The molecule has 1 N–H and O–H groups in total. The van der Waals surface area contributed by atoms with Gasteiger partial charge in [0.15, 0.2) is 6.29 Å². The van der Waals surface area contributed by atoms with Crippen LogP contribution < -0.4 is 0 Å². The molecule has 1 aliphatic rings. The van der Waals surface area contributed by atoms with Crippen molar-refractivity contribution < 1.29 is 24.1 Å². The first kappa shape index (κ1) is 21.7. The molecule has 31 heavy (non-hydrogen) atoms. The van der Waals surface area contributed by atoms with Crippen molar-refractivity contribution in [3.05, 3.63) is 108 Å². The van der Waals surface area contributed by atoms with Gasteiger partial charge < -0.3 is 24.1 Å². The van der Waals surface area contributed by atoms with Crippen molar-refractivity contribution in [2.45, 2.75) is 37.8 Å². The van der Waals surface area contributed by atoms with Crippen LogP contribution >= 0.6 is 0 Å². The lowest BCUT2D eigenvalue weighted by atomic mass is 10.1. The molecule has 4 atom stereocenters. The van der Waals surface area contributed by atoms with E-state index in [1.54, 1.807) is 0 Å². The average molecular weight is 421 g/mol. The fraction of sp³-hybridized carbons (Fsp3) is 0.308. The van der Waals surface area contributed by atoms with Crippen LogP contribution in [0.1, 0.15) is 23.0 Å². The van der Waals surface area contributed by atoms with Crippen LogP contribution in [0.4, 0.5) is 0 Å². The van der Waals surface area contributed by atoms with Crippen molar-refractivity contribution in [1.29, 1.82) is 0 Å². The Hall–Kier alpha value is -2.54. The Bertz CT molecular complexity index is 887. The summed E-state index contributed by atoms with van der Waals surface area (Å²) < 4.78 is 24.0. The van der Waals surface area contributed by atoms with Gasteiger partial charge in [0.2, 0.25) is 0 Å². The predicted molar refractivity (Wildman–Crippen MR) is 117 cm³/mol. The predicted octanol–water partition coefficient (Wildman–Crippen LogP) is 4.26. The van der Waals surface area contributed by atoms with Crippen molar-refractivity contribution in [2.24, 2.45) is 0 Å². The van der Waals surface area contributed by atoms with Gasteiger partial charge >= 0.3 is 0 Å². The highest BCUT2D eigenvalue weighted by Crippen LogP contribution is 2.29. The van der Waals surface area contributed by atoms with E-state index >= 15 is 0 Å². The van der Waals surface area contributed by atoms with E-state index in [-0.39, 0.29) is 6.61 Å². The third-order valence-corrected chi connectivity index (χ3v) is 5.22. The Morgan fingerprint density at radius 1 is 0.806 bits per heavy atom. The zero-order valence-corrected chi connectivity index (χ0v) is 17.4.